The summed E-state index contributed by atoms with van der Waals surface area (Å²) in [5, 5.41) is 4.02. The molecule has 2 rings (SSSR count). The van der Waals surface area contributed by atoms with Crippen LogP contribution in [-0.2, 0) is 0 Å². The molecule has 20 heavy (non-hydrogen) atoms. The third kappa shape index (κ3) is 2.20. The number of nitrogen functional groups attached to an aromatic ring is 1. The van der Waals surface area contributed by atoms with Crippen molar-refractivity contribution in [3.8, 4) is 0 Å². The molecule has 0 aliphatic rings. The summed E-state index contributed by atoms with van der Waals surface area (Å²) in [7, 11) is 0. The summed E-state index contributed by atoms with van der Waals surface area (Å²) in [6, 6.07) is 0. The molecule has 7 nitrogen and oxygen atoms in total. The van der Waals surface area contributed by atoms with Crippen molar-refractivity contribution in [1.29, 1.82) is 0 Å². The highest BCUT2D eigenvalue weighted by Crippen LogP contribution is 2.24. The number of allylic oxidation sites excluding steroid dienone is 2. The Bertz CT molecular complexity index is 741. The zero-order valence-corrected chi connectivity index (χ0v) is 11.2. The monoisotopic (exact) mass is 270 g/mol. The van der Waals surface area contributed by atoms with Crippen LogP contribution in [0, 0.1) is 0 Å². The molecule has 0 aliphatic carbocycles. The first-order valence-electron chi connectivity index (χ1n) is 5.92. The number of imidazole rings is 1. The largest absolute Gasteiger partial charge is 0.382 e. The Balaban J connectivity index is 2.79. The summed E-state index contributed by atoms with van der Waals surface area (Å²) in [6.07, 6.45) is 6.13. The van der Waals surface area contributed by atoms with Gasteiger partial charge in [-0.3, -0.25) is 9.79 Å². The highest BCUT2D eigenvalue weighted by atomic mass is 16.1. The topological polar surface area (TPSA) is 98.5 Å². The Labute approximate surface area is 115 Å². The predicted molar refractivity (Wildman–Crippen MR) is 77.5 cm³/mol. The second-order valence-corrected chi connectivity index (χ2v) is 3.93. The van der Waals surface area contributed by atoms with Crippen LogP contribution in [-0.4, -0.2) is 31.6 Å². The van der Waals surface area contributed by atoms with Crippen LogP contribution in [0.25, 0.3) is 11.2 Å². The minimum atomic E-state index is -0.215. The van der Waals surface area contributed by atoms with Crippen molar-refractivity contribution < 1.29 is 4.79 Å². The maximum Gasteiger partial charge on any atom is 0.198 e. The van der Waals surface area contributed by atoms with E-state index in [4.69, 9.17) is 5.73 Å². The molecule has 0 saturated carbocycles. The van der Waals surface area contributed by atoms with Crippen molar-refractivity contribution in [2.75, 3.05) is 5.73 Å². The number of hydrogen-bond donors (Lipinski definition) is 1. The third-order valence-corrected chi connectivity index (χ3v) is 2.61. The molecule has 0 aliphatic heterocycles. The minimum absolute atomic E-state index is 0.192. The van der Waals surface area contributed by atoms with Crippen LogP contribution in [0.1, 0.15) is 30.2 Å². The Hall–Kier alpha value is -2.83. The van der Waals surface area contributed by atoms with Crippen LogP contribution < -0.4 is 5.73 Å². The van der Waals surface area contributed by atoms with Crippen LogP contribution in [0.3, 0.4) is 0 Å². The van der Waals surface area contributed by atoms with E-state index < -0.39 is 0 Å². The number of ketones is 1. The number of carbonyl (C=O) groups excluding carboxylic acids is 1. The maximum atomic E-state index is 11.7. The predicted octanol–water partition coefficient (Wildman–Crippen LogP) is 1.53. The van der Waals surface area contributed by atoms with Crippen molar-refractivity contribution in [3.05, 3.63) is 36.6 Å². The van der Waals surface area contributed by atoms with Crippen molar-refractivity contribution in [2.24, 2.45) is 4.99 Å². The van der Waals surface area contributed by atoms with E-state index in [1.54, 1.807) is 12.2 Å². The van der Waals surface area contributed by atoms with E-state index in [0.29, 0.717) is 16.9 Å². The SMILES string of the molecule is C=CC=N/C(=C\C)c1nc(C(C)=O)n2ncnc(N)c12. The fourth-order valence-electron chi connectivity index (χ4n) is 1.77. The molecule has 7 heteroatoms. The van der Waals surface area contributed by atoms with Crippen LogP contribution in [0.2, 0.25) is 0 Å². The summed E-state index contributed by atoms with van der Waals surface area (Å²) in [5.74, 6) is 0.216. The fourth-order valence-corrected chi connectivity index (χ4v) is 1.77. The molecule has 2 heterocycles. The Morgan fingerprint density at radius 2 is 2.30 bits per heavy atom. The van der Waals surface area contributed by atoms with E-state index in [1.807, 2.05) is 6.92 Å². The van der Waals surface area contributed by atoms with Gasteiger partial charge >= 0.3 is 0 Å². The number of rotatable bonds is 4. The van der Waals surface area contributed by atoms with Crippen molar-refractivity contribution in [3.63, 3.8) is 0 Å². The van der Waals surface area contributed by atoms with Gasteiger partial charge in [0.25, 0.3) is 0 Å². The number of carbonyl (C=O) groups is 1. The smallest absolute Gasteiger partial charge is 0.198 e. The summed E-state index contributed by atoms with van der Waals surface area (Å²) in [5.41, 5.74) is 7.37. The van der Waals surface area contributed by atoms with Gasteiger partial charge in [-0.2, -0.15) is 5.10 Å². The van der Waals surface area contributed by atoms with Gasteiger partial charge in [0, 0.05) is 13.1 Å². The van der Waals surface area contributed by atoms with Crippen LogP contribution >= 0.6 is 0 Å². The van der Waals surface area contributed by atoms with Gasteiger partial charge in [-0.15, -0.1) is 0 Å². The first-order valence-corrected chi connectivity index (χ1v) is 5.92. The molecule has 0 atom stereocenters. The lowest BCUT2D eigenvalue weighted by molar-refractivity contribution is 0.100. The lowest BCUT2D eigenvalue weighted by Crippen LogP contribution is -2.05. The Kier molecular flexibility index (Phi) is 3.69. The molecule has 0 radical (unpaired) electrons. The summed E-state index contributed by atoms with van der Waals surface area (Å²) in [4.78, 5) is 24.1. The van der Waals surface area contributed by atoms with Crippen LogP contribution in [0.4, 0.5) is 5.82 Å². The second kappa shape index (κ2) is 5.43. The van der Waals surface area contributed by atoms with Gasteiger partial charge in [-0.1, -0.05) is 18.7 Å². The lowest BCUT2D eigenvalue weighted by atomic mass is 10.2. The van der Waals surface area contributed by atoms with Gasteiger partial charge in [0.15, 0.2) is 17.4 Å². The number of anilines is 1. The van der Waals surface area contributed by atoms with Gasteiger partial charge in [-0.25, -0.2) is 14.5 Å². The number of nitrogens with two attached hydrogens (primary N) is 1. The number of Topliss-reactive ketones (excluding diaryl/α,β-unsaturated/α-hetero) is 1. The Morgan fingerprint density at radius 1 is 1.55 bits per heavy atom. The van der Waals surface area contributed by atoms with E-state index in [2.05, 4.69) is 26.6 Å². The molecule has 0 unspecified atom stereocenters. The number of aliphatic imine (C=N–C) groups is 1. The number of nitrogens with zero attached hydrogens (tertiary/aromatic N) is 5. The van der Waals surface area contributed by atoms with Gasteiger partial charge in [0.2, 0.25) is 0 Å². The molecular weight excluding hydrogens is 256 g/mol. The standard InChI is InChI=1S/C13H14N6O/c1-4-6-15-9(5-2)10-11-12(14)16-7-17-19(11)13(18-10)8(3)20/h4-7H,1H2,2-3H3,(H2,14,16,17)/b9-5-,15-6?. The molecule has 2 aromatic rings. The van der Waals surface area contributed by atoms with E-state index in [1.165, 1.54) is 24.0 Å². The molecular formula is C13H14N6O. The zero-order chi connectivity index (χ0) is 14.7. The minimum Gasteiger partial charge on any atom is -0.382 e. The van der Waals surface area contributed by atoms with Crippen molar-refractivity contribution >= 4 is 29.0 Å². The van der Waals surface area contributed by atoms with E-state index in [-0.39, 0.29) is 17.4 Å². The van der Waals surface area contributed by atoms with Gasteiger partial charge in [0.05, 0.1) is 5.70 Å². The number of hydrogen-bond acceptors (Lipinski definition) is 6. The molecule has 0 saturated heterocycles. The maximum absolute atomic E-state index is 11.7. The second-order valence-electron chi connectivity index (χ2n) is 3.93. The molecule has 0 aromatic carbocycles. The van der Waals surface area contributed by atoms with Crippen molar-refractivity contribution in [1.82, 2.24) is 19.6 Å². The van der Waals surface area contributed by atoms with Gasteiger partial charge < -0.3 is 5.73 Å². The first kappa shape index (κ1) is 13.6. The molecule has 0 spiro atoms. The first-order chi connectivity index (χ1) is 9.60. The van der Waals surface area contributed by atoms with Gasteiger partial charge in [0.1, 0.15) is 17.5 Å². The zero-order valence-electron chi connectivity index (χ0n) is 11.2. The molecule has 2 aromatic heterocycles. The highest BCUT2D eigenvalue weighted by molar-refractivity contribution is 5.95. The van der Waals surface area contributed by atoms with E-state index >= 15 is 0 Å². The van der Waals surface area contributed by atoms with Crippen molar-refractivity contribution in [2.45, 2.75) is 13.8 Å². The number of fused-ring (bicyclic) bond motifs is 1. The van der Waals surface area contributed by atoms with E-state index in [9.17, 15) is 4.79 Å². The fraction of sp³-hybridized carbons (Fsp3) is 0.154. The average molecular weight is 270 g/mol. The summed E-state index contributed by atoms with van der Waals surface area (Å²) < 4.78 is 1.38. The summed E-state index contributed by atoms with van der Waals surface area (Å²) >= 11 is 0. The Morgan fingerprint density at radius 3 is 2.90 bits per heavy atom. The quantitative estimate of drug-likeness (QED) is 0.671. The molecule has 2 N–H and O–H groups in total. The lowest BCUT2D eigenvalue weighted by Gasteiger charge is -2.00. The van der Waals surface area contributed by atoms with E-state index in [0.717, 1.165) is 0 Å². The average Bonchev–Trinajstić information content (AvgIpc) is 2.81. The molecule has 102 valence electrons. The van der Waals surface area contributed by atoms with Crippen LogP contribution in [0.15, 0.2) is 30.1 Å². The molecule has 0 amide bonds. The molecule has 0 fully saturated rings. The van der Waals surface area contributed by atoms with Gasteiger partial charge in [-0.05, 0) is 6.92 Å². The third-order valence-electron chi connectivity index (χ3n) is 2.61. The normalized spacial score (nSPS) is 12.2. The summed E-state index contributed by atoms with van der Waals surface area (Å²) in [6.45, 7) is 6.80. The highest BCUT2D eigenvalue weighted by Gasteiger charge is 2.20. The number of aromatic nitrogens is 4. The molecule has 0 bridgehead atoms. The van der Waals surface area contributed by atoms with Crippen LogP contribution in [0.5, 0.6) is 0 Å².